The van der Waals surface area contributed by atoms with Gasteiger partial charge < -0.3 is 9.80 Å². The summed E-state index contributed by atoms with van der Waals surface area (Å²) in [5.74, 6) is 2.48. The van der Waals surface area contributed by atoms with Gasteiger partial charge >= 0.3 is 0 Å². The number of carbonyl (C=O) groups excluding carboxylic acids is 2. The van der Waals surface area contributed by atoms with Gasteiger partial charge in [-0.2, -0.15) is 11.8 Å². The minimum absolute atomic E-state index is 0.264. The van der Waals surface area contributed by atoms with Crippen molar-refractivity contribution in [3.63, 3.8) is 0 Å². The minimum Gasteiger partial charge on any atom is -0.343 e. The number of carbonyl (C=O) groups is 2. The number of hydrogen-bond acceptors (Lipinski definition) is 3. The summed E-state index contributed by atoms with van der Waals surface area (Å²) in [6.45, 7) is 3.56. The van der Waals surface area contributed by atoms with E-state index in [4.69, 9.17) is 0 Å². The SMILES string of the molecule is CSCC(=O)N1CCC(CCC(=O)N2CCC(Cc3ccccc3)CC2)CC1. The Bertz CT molecular complexity index is 621. The predicted molar refractivity (Wildman–Crippen MR) is 116 cm³/mol. The molecule has 0 bridgehead atoms. The third kappa shape index (κ3) is 6.26. The molecule has 3 rings (SSSR count). The topological polar surface area (TPSA) is 40.6 Å². The summed E-state index contributed by atoms with van der Waals surface area (Å²) in [6, 6.07) is 10.7. The van der Waals surface area contributed by atoms with Crippen LogP contribution in [0, 0.1) is 11.8 Å². The van der Waals surface area contributed by atoms with Gasteiger partial charge in [0.1, 0.15) is 0 Å². The summed E-state index contributed by atoms with van der Waals surface area (Å²) in [7, 11) is 0. The maximum absolute atomic E-state index is 12.6. The van der Waals surface area contributed by atoms with E-state index in [0.29, 0.717) is 29.9 Å². The number of benzene rings is 1. The zero-order chi connectivity index (χ0) is 19.8. The normalized spacial score (nSPS) is 19.0. The van der Waals surface area contributed by atoms with Gasteiger partial charge in [-0.15, -0.1) is 0 Å². The zero-order valence-corrected chi connectivity index (χ0v) is 18.0. The fraction of sp³-hybridized carbons (Fsp3) is 0.652. The molecule has 2 fully saturated rings. The van der Waals surface area contributed by atoms with Crippen LogP contribution >= 0.6 is 11.8 Å². The molecule has 0 N–H and O–H groups in total. The van der Waals surface area contributed by atoms with Crippen LogP contribution in [0.4, 0.5) is 0 Å². The molecule has 2 amide bonds. The first-order chi connectivity index (χ1) is 13.7. The molecule has 2 aliphatic heterocycles. The predicted octanol–water partition coefficient (Wildman–Crippen LogP) is 3.85. The fourth-order valence-corrected chi connectivity index (χ4v) is 4.93. The quantitative estimate of drug-likeness (QED) is 0.696. The summed E-state index contributed by atoms with van der Waals surface area (Å²) in [4.78, 5) is 28.7. The van der Waals surface area contributed by atoms with Crippen LogP contribution in [0.15, 0.2) is 30.3 Å². The van der Waals surface area contributed by atoms with Gasteiger partial charge in [0.05, 0.1) is 5.75 Å². The van der Waals surface area contributed by atoms with Crippen LogP contribution in [-0.2, 0) is 16.0 Å². The summed E-state index contributed by atoms with van der Waals surface area (Å²) in [5, 5.41) is 0. The van der Waals surface area contributed by atoms with Gasteiger partial charge in [0, 0.05) is 32.6 Å². The number of rotatable bonds is 7. The molecule has 28 heavy (non-hydrogen) atoms. The van der Waals surface area contributed by atoms with E-state index in [-0.39, 0.29) is 5.91 Å². The number of thioether (sulfide) groups is 1. The lowest BCUT2D eigenvalue weighted by atomic mass is 9.89. The maximum atomic E-state index is 12.6. The highest BCUT2D eigenvalue weighted by atomic mass is 32.2. The summed E-state index contributed by atoms with van der Waals surface area (Å²) < 4.78 is 0. The van der Waals surface area contributed by atoms with Gasteiger partial charge in [-0.25, -0.2) is 0 Å². The molecule has 0 radical (unpaired) electrons. The molecular formula is C23H34N2O2S. The monoisotopic (exact) mass is 402 g/mol. The Morgan fingerprint density at radius 1 is 0.893 bits per heavy atom. The third-order valence-electron chi connectivity index (χ3n) is 6.34. The van der Waals surface area contributed by atoms with Crippen molar-refractivity contribution in [2.75, 3.05) is 38.2 Å². The number of piperidine rings is 2. The molecule has 0 atom stereocenters. The Kier molecular flexibility index (Phi) is 8.26. The van der Waals surface area contributed by atoms with E-state index in [0.717, 1.165) is 64.7 Å². The molecule has 1 aromatic rings. The van der Waals surface area contributed by atoms with Crippen LogP contribution in [0.5, 0.6) is 0 Å². The molecule has 4 nitrogen and oxygen atoms in total. The first-order valence-corrected chi connectivity index (χ1v) is 12.1. The van der Waals surface area contributed by atoms with Crippen LogP contribution in [0.25, 0.3) is 0 Å². The molecule has 0 aromatic heterocycles. The van der Waals surface area contributed by atoms with E-state index in [9.17, 15) is 9.59 Å². The van der Waals surface area contributed by atoms with E-state index < -0.39 is 0 Å². The molecular weight excluding hydrogens is 368 g/mol. The van der Waals surface area contributed by atoms with Crippen LogP contribution < -0.4 is 0 Å². The Hall–Kier alpha value is -1.49. The summed E-state index contributed by atoms with van der Waals surface area (Å²) in [6.07, 6.45) is 9.10. The van der Waals surface area contributed by atoms with Crippen molar-refractivity contribution in [2.45, 2.75) is 44.9 Å². The van der Waals surface area contributed by atoms with Gasteiger partial charge in [0.2, 0.25) is 11.8 Å². The molecule has 0 unspecified atom stereocenters. The van der Waals surface area contributed by atoms with E-state index in [1.165, 1.54) is 5.56 Å². The van der Waals surface area contributed by atoms with Gasteiger partial charge in [-0.1, -0.05) is 30.3 Å². The Morgan fingerprint density at radius 2 is 1.46 bits per heavy atom. The third-order valence-corrected chi connectivity index (χ3v) is 6.87. The van der Waals surface area contributed by atoms with Gasteiger partial charge in [-0.3, -0.25) is 9.59 Å². The molecule has 2 saturated heterocycles. The molecule has 5 heteroatoms. The maximum Gasteiger partial charge on any atom is 0.232 e. The fourth-order valence-electron chi connectivity index (χ4n) is 4.51. The highest BCUT2D eigenvalue weighted by Crippen LogP contribution is 2.25. The smallest absolute Gasteiger partial charge is 0.232 e. The van der Waals surface area contributed by atoms with E-state index in [1.807, 2.05) is 11.2 Å². The second-order valence-electron chi connectivity index (χ2n) is 8.31. The zero-order valence-electron chi connectivity index (χ0n) is 17.1. The van der Waals surface area contributed by atoms with Gasteiger partial charge in [0.15, 0.2) is 0 Å². The van der Waals surface area contributed by atoms with Crippen LogP contribution in [-0.4, -0.2) is 59.8 Å². The van der Waals surface area contributed by atoms with Crippen molar-refractivity contribution in [1.29, 1.82) is 0 Å². The second kappa shape index (κ2) is 10.9. The number of hydrogen-bond donors (Lipinski definition) is 0. The molecule has 0 aliphatic carbocycles. The number of nitrogens with zero attached hydrogens (tertiary/aromatic N) is 2. The van der Waals surface area contributed by atoms with E-state index in [2.05, 4.69) is 35.2 Å². The Morgan fingerprint density at radius 3 is 2.07 bits per heavy atom. The summed E-state index contributed by atoms with van der Waals surface area (Å²) in [5.41, 5.74) is 1.41. The van der Waals surface area contributed by atoms with Crippen molar-refractivity contribution in [3.05, 3.63) is 35.9 Å². The molecule has 2 heterocycles. The molecule has 0 saturated carbocycles. The largest absolute Gasteiger partial charge is 0.343 e. The lowest BCUT2D eigenvalue weighted by Gasteiger charge is -2.34. The summed E-state index contributed by atoms with van der Waals surface area (Å²) >= 11 is 1.59. The van der Waals surface area contributed by atoms with Crippen molar-refractivity contribution in [2.24, 2.45) is 11.8 Å². The lowest BCUT2D eigenvalue weighted by Crippen LogP contribution is -2.40. The van der Waals surface area contributed by atoms with Crippen LogP contribution in [0.2, 0.25) is 0 Å². The molecule has 1 aromatic carbocycles. The van der Waals surface area contributed by atoms with E-state index in [1.54, 1.807) is 11.8 Å². The van der Waals surface area contributed by atoms with Crippen molar-refractivity contribution >= 4 is 23.6 Å². The molecule has 2 aliphatic rings. The molecule has 154 valence electrons. The number of amides is 2. The minimum atomic E-state index is 0.264. The van der Waals surface area contributed by atoms with Crippen molar-refractivity contribution in [1.82, 2.24) is 9.80 Å². The van der Waals surface area contributed by atoms with Gasteiger partial charge in [-0.05, 0) is 62.2 Å². The Balaban J connectivity index is 1.32. The first-order valence-electron chi connectivity index (χ1n) is 10.7. The standard InChI is InChI=1S/C23H34N2O2S/c1-28-18-23(27)25-13-9-19(10-14-25)7-8-22(26)24-15-11-21(12-16-24)17-20-5-3-2-4-6-20/h2-6,19,21H,7-18H2,1H3. The molecule has 0 spiro atoms. The first kappa shape index (κ1) is 21.2. The van der Waals surface area contributed by atoms with Crippen LogP contribution in [0.1, 0.15) is 44.1 Å². The highest BCUT2D eigenvalue weighted by molar-refractivity contribution is 7.99. The Labute approximate surface area is 174 Å². The van der Waals surface area contributed by atoms with Crippen molar-refractivity contribution in [3.8, 4) is 0 Å². The number of likely N-dealkylation sites (tertiary alicyclic amines) is 2. The highest BCUT2D eigenvalue weighted by Gasteiger charge is 2.26. The second-order valence-corrected chi connectivity index (χ2v) is 9.18. The van der Waals surface area contributed by atoms with Crippen LogP contribution in [0.3, 0.4) is 0 Å². The van der Waals surface area contributed by atoms with E-state index >= 15 is 0 Å². The average molecular weight is 403 g/mol. The lowest BCUT2D eigenvalue weighted by molar-refractivity contribution is -0.133. The van der Waals surface area contributed by atoms with Crippen molar-refractivity contribution < 1.29 is 9.59 Å². The van der Waals surface area contributed by atoms with Gasteiger partial charge in [0.25, 0.3) is 0 Å². The average Bonchev–Trinajstić information content (AvgIpc) is 2.74.